The maximum atomic E-state index is 6.28. The van der Waals surface area contributed by atoms with Crippen LogP contribution in [0.3, 0.4) is 0 Å². The number of nitrogens with one attached hydrogen (secondary N) is 2. The fourth-order valence-corrected chi connectivity index (χ4v) is 3.79. The lowest BCUT2D eigenvalue weighted by Gasteiger charge is -2.29. The van der Waals surface area contributed by atoms with Crippen LogP contribution in [0.5, 0.6) is 0 Å². The number of anilines is 3. The zero-order valence-electron chi connectivity index (χ0n) is 15.7. The molecular weight excluding hydrogens is 378 g/mol. The minimum atomic E-state index is 0.0945. The maximum Gasteiger partial charge on any atom is 0.227 e. The van der Waals surface area contributed by atoms with Crippen molar-refractivity contribution in [2.45, 2.75) is 44.3 Å². The van der Waals surface area contributed by atoms with Crippen molar-refractivity contribution >= 4 is 40.2 Å². The van der Waals surface area contributed by atoms with Crippen LogP contribution in [-0.2, 0) is 13.6 Å². The van der Waals surface area contributed by atoms with E-state index in [0.717, 1.165) is 31.2 Å². The molecule has 1 fully saturated rings. The van der Waals surface area contributed by atoms with Crippen molar-refractivity contribution in [3.05, 3.63) is 28.8 Å². The second-order valence-corrected chi connectivity index (χ2v) is 7.55. The predicted octanol–water partition coefficient (Wildman–Crippen LogP) is 2.29. The van der Waals surface area contributed by atoms with Gasteiger partial charge in [0, 0.05) is 41.9 Å². The van der Waals surface area contributed by atoms with Gasteiger partial charge in [-0.1, -0.05) is 35.7 Å². The lowest BCUT2D eigenvalue weighted by atomic mass is 9.91. The Morgan fingerprint density at radius 3 is 2.86 bits per heavy atom. The minimum absolute atomic E-state index is 0.0945. The van der Waals surface area contributed by atoms with Crippen LogP contribution >= 0.6 is 11.6 Å². The summed E-state index contributed by atoms with van der Waals surface area (Å²) in [6, 6.07) is 5.70. The third kappa shape index (κ3) is 3.67. The Bertz CT molecular complexity index is 966. The molecule has 2 atom stereocenters. The van der Waals surface area contributed by atoms with E-state index >= 15 is 0 Å². The standard InChI is InChI=1S/C18H24ClN9/c1-28-17-15(26-27-28)16(22-9-10-11(19)5-4-7-12(10)20)24-18(25-17)23-14-8-3-2-6-13(14)21/h4-5,7,13-14H,2-3,6,8-9,20-21H2,1H3,(H2,22,23,24,25). The van der Waals surface area contributed by atoms with Crippen LogP contribution in [0.4, 0.5) is 17.5 Å². The second-order valence-electron chi connectivity index (χ2n) is 7.14. The van der Waals surface area contributed by atoms with Gasteiger partial charge in [-0.3, -0.25) is 0 Å². The highest BCUT2D eigenvalue weighted by Crippen LogP contribution is 2.26. The number of benzene rings is 1. The first-order chi connectivity index (χ1) is 13.5. The van der Waals surface area contributed by atoms with Gasteiger partial charge in [0.25, 0.3) is 0 Å². The molecule has 4 rings (SSSR count). The van der Waals surface area contributed by atoms with Crippen molar-refractivity contribution in [3.63, 3.8) is 0 Å². The number of rotatable bonds is 5. The highest BCUT2D eigenvalue weighted by molar-refractivity contribution is 6.31. The lowest BCUT2D eigenvalue weighted by molar-refractivity contribution is 0.402. The lowest BCUT2D eigenvalue weighted by Crippen LogP contribution is -2.43. The Kier molecular flexibility index (Phi) is 5.19. The van der Waals surface area contributed by atoms with Gasteiger partial charge in [0.15, 0.2) is 17.0 Å². The highest BCUT2D eigenvalue weighted by atomic mass is 35.5. The number of nitrogens with zero attached hydrogens (tertiary/aromatic N) is 5. The molecule has 1 aliphatic carbocycles. The fourth-order valence-electron chi connectivity index (χ4n) is 3.54. The third-order valence-electron chi connectivity index (χ3n) is 5.17. The number of aromatic nitrogens is 5. The van der Waals surface area contributed by atoms with Crippen LogP contribution in [0.25, 0.3) is 11.2 Å². The Morgan fingerprint density at radius 1 is 1.25 bits per heavy atom. The summed E-state index contributed by atoms with van der Waals surface area (Å²) in [6.07, 6.45) is 4.32. The quantitative estimate of drug-likeness (QED) is 0.478. The number of hydrogen-bond acceptors (Lipinski definition) is 8. The van der Waals surface area contributed by atoms with Crippen molar-refractivity contribution in [1.29, 1.82) is 0 Å². The van der Waals surface area contributed by atoms with Crippen molar-refractivity contribution < 1.29 is 0 Å². The van der Waals surface area contributed by atoms with Crippen LogP contribution in [0.1, 0.15) is 31.2 Å². The predicted molar refractivity (Wildman–Crippen MR) is 111 cm³/mol. The van der Waals surface area contributed by atoms with Crippen LogP contribution in [0, 0.1) is 0 Å². The number of fused-ring (bicyclic) bond motifs is 1. The van der Waals surface area contributed by atoms with Gasteiger partial charge in [0.2, 0.25) is 5.95 Å². The summed E-state index contributed by atoms with van der Waals surface area (Å²) >= 11 is 6.28. The molecule has 10 heteroatoms. The van der Waals surface area contributed by atoms with E-state index in [9.17, 15) is 0 Å². The van der Waals surface area contributed by atoms with Crippen molar-refractivity contribution in [1.82, 2.24) is 25.0 Å². The first-order valence-electron chi connectivity index (χ1n) is 9.39. The molecule has 2 unspecified atom stereocenters. The number of nitrogens with two attached hydrogens (primary N) is 2. The normalized spacial score (nSPS) is 19.7. The van der Waals surface area contributed by atoms with Gasteiger partial charge in [-0.15, -0.1) is 5.10 Å². The second kappa shape index (κ2) is 7.76. The van der Waals surface area contributed by atoms with Gasteiger partial charge >= 0.3 is 0 Å². The molecule has 2 aromatic heterocycles. The zero-order chi connectivity index (χ0) is 19.7. The molecule has 0 radical (unpaired) electrons. The fraction of sp³-hybridized carbons (Fsp3) is 0.444. The van der Waals surface area contributed by atoms with Gasteiger partial charge in [0.05, 0.1) is 0 Å². The minimum Gasteiger partial charge on any atom is -0.398 e. The molecule has 2 heterocycles. The molecule has 0 aliphatic heterocycles. The molecule has 0 saturated heterocycles. The topological polar surface area (TPSA) is 133 Å². The summed E-state index contributed by atoms with van der Waals surface area (Å²) in [5.74, 6) is 1.08. The van der Waals surface area contributed by atoms with Crippen LogP contribution < -0.4 is 22.1 Å². The average molecular weight is 402 g/mol. The Hall–Kier alpha value is -2.65. The summed E-state index contributed by atoms with van der Waals surface area (Å²) in [5, 5.41) is 15.5. The van der Waals surface area contributed by atoms with Crippen LogP contribution in [0.2, 0.25) is 5.02 Å². The largest absolute Gasteiger partial charge is 0.398 e. The molecule has 0 bridgehead atoms. The Morgan fingerprint density at radius 2 is 2.07 bits per heavy atom. The SMILES string of the molecule is Cn1nnc2c(NCc3c(N)cccc3Cl)nc(NC3CCCCC3N)nc21. The molecule has 9 nitrogen and oxygen atoms in total. The van der Waals surface area contributed by atoms with E-state index in [4.69, 9.17) is 23.1 Å². The molecular formula is C18H24ClN9. The van der Waals surface area contributed by atoms with E-state index in [-0.39, 0.29) is 12.1 Å². The van der Waals surface area contributed by atoms with Crippen molar-refractivity contribution in [2.24, 2.45) is 12.8 Å². The van der Waals surface area contributed by atoms with E-state index in [1.165, 1.54) is 0 Å². The highest BCUT2D eigenvalue weighted by Gasteiger charge is 2.23. The van der Waals surface area contributed by atoms with Crippen LogP contribution in [-0.4, -0.2) is 37.0 Å². The summed E-state index contributed by atoms with van der Waals surface area (Å²) in [4.78, 5) is 9.21. The molecule has 0 spiro atoms. The van der Waals surface area contributed by atoms with Crippen LogP contribution in [0.15, 0.2) is 18.2 Å². The Balaban J connectivity index is 1.63. The summed E-state index contributed by atoms with van der Waals surface area (Å²) in [6.45, 7) is 0.413. The number of halogens is 1. The van der Waals surface area contributed by atoms with E-state index in [0.29, 0.717) is 40.2 Å². The molecule has 28 heavy (non-hydrogen) atoms. The number of nitrogen functional groups attached to an aromatic ring is 1. The Labute approximate surface area is 167 Å². The zero-order valence-corrected chi connectivity index (χ0v) is 16.4. The van der Waals surface area contributed by atoms with Gasteiger partial charge in [-0.05, 0) is 25.0 Å². The van der Waals surface area contributed by atoms with E-state index in [2.05, 4.69) is 30.9 Å². The van der Waals surface area contributed by atoms with Gasteiger partial charge in [-0.2, -0.15) is 9.97 Å². The average Bonchev–Trinajstić information content (AvgIpc) is 3.04. The molecule has 3 aromatic rings. The summed E-state index contributed by atoms with van der Waals surface area (Å²) in [7, 11) is 1.80. The monoisotopic (exact) mass is 401 g/mol. The molecule has 1 aromatic carbocycles. The van der Waals surface area contributed by atoms with Gasteiger partial charge in [-0.25, -0.2) is 4.68 Å². The first kappa shape index (κ1) is 18.7. The molecule has 6 N–H and O–H groups in total. The van der Waals surface area contributed by atoms with Crippen molar-refractivity contribution in [2.75, 3.05) is 16.4 Å². The molecule has 0 amide bonds. The molecule has 1 saturated carbocycles. The first-order valence-corrected chi connectivity index (χ1v) is 9.77. The molecule has 1 aliphatic rings. The third-order valence-corrected chi connectivity index (χ3v) is 5.53. The maximum absolute atomic E-state index is 6.28. The van der Waals surface area contributed by atoms with E-state index in [1.54, 1.807) is 11.7 Å². The smallest absolute Gasteiger partial charge is 0.227 e. The number of hydrogen-bond donors (Lipinski definition) is 4. The number of aryl methyl sites for hydroxylation is 1. The van der Waals surface area contributed by atoms with Crippen molar-refractivity contribution in [3.8, 4) is 0 Å². The van der Waals surface area contributed by atoms with E-state index < -0.39 is 0 Å². The van der Waals surface area contributed by atoms with Gasteiger partial charge < -0.3 is 22.1 Å². The summed E-state index contributed by atoms with van der Waals surface area (Å²) < 4.78 is 1.62. The summed E-state index contributed by atoms with van der Waals surface area (Å²) in [5.41, 5.74) is 15.0. The van der Waals surface area contributed by atoms with E-state index in [1.807, 2.05) is 18.2 Å². The van der Waals surface area contributed by atoms with Gasteiger partial charge in [0.1, 0.15) is 0 Å². The molecule has 148 valence electrons.